The van der Waals surface area contributed by atoms with Crippen LogP contribution in [0.15, 0.2) is 24.3 Å². The van der Waals surface area contributed by atoms with Gasteiger partial charge in [-0.3, -0.25) is 4.90 Å². The Bertz CT molecular complexity index is 518. The summed E-state index contributed by atoms with van der Waals surface area (Å²) in [6.07, 6.45) is 0.288. The molecule has 1 aromatic rings. The van der Waals surface area contributed by atoms with Crippen LogP contribution < -0.4 is 4.90 Å². The first-order valence-electron chi connectivity index (χ1n) is 6.01. The van der Waals surface area contributed by atoms with Crippen molar-refractivity contribution in [3.05, 3.63) is 29.8 Å². The van der Waals surface area contributed by atoms with Gasteiger partial charge >= 0.3 is 12.1 Å². The fraction of sp³-hybridized carbons (Fsp3) is 0.385. The molecule has 2 aliphatic heterocycles. The average Bonchev–Trinajstić information content (AvgIpc) is 2.97. The number of hydrogen-bond acceptors (Lipinski definition) is 4. The van der Waals surface area contributed by atoms with Crippen LogP contribution in [0.25, 0.3) is 0 Å². The second kappa shape index (κ2) is 4.24. The Morgan fingerprint density at radius 2 is 2.05 bits per heavy atom. The van der Waals surface area contributed by atoms with Gasteiger partial charge in [0, 0.05) is 12.1 Å². The van der Waals surface area contributed by atoms with Gasteiger partial charge in [-0.2, -0.15) is 0 Å². The van der Waals surface area contributed by atoms with Gasteiger partial charge in [0.2, 0.25) is 0 Å². The van der Waals surface area contributed by atoms with Crippen molar-refractivity contribution in [2.24, 2.45) is 0 Å². The molecule has 0 bridgehead atoms. The van der Waals surface area contributed by atoms with E-state index in [2.05, 4.69) is 0 Å². The molecule has 6 nitrogen and oxygen atoms in total. The number of aromatic carboxylic acids is 1. The first-order chi connectivity index (χ1) is 9.10. The smallest absolute Gasteiger partial charge is 0.415 e. The summed E-state index contributed by atoms with van der Waals surface area (Å²) in [5.41, 5.74) is 0.289. The van der Waals surface area contributed by atoms with Gasteiger partial charge in [0.05, 0.1) is 25.3 Å². The van der Waals surface area contributed by atoms with Gasteiger partial charge in [0.25, 0.3) is 0 Å². The highest BCUT2D eigenvalue weighted by Gasteiger charge is 2.48. The molecule has 1 unspecified atom stereocenters. The maximum atomic E-state index is 11.9. The summed E-state index contributed by atoms with van der Waals surface area (Å²) < 4.78 is 10.7. The quantitative estimate of drug-likeness (QED) is 0.875. The monoisotopic (exact) mass is 263 g/mol. The SMILES string of the molecule is O=C(O)c1ccc(N2CC3(CCOC3)OC2=O)cc1. The summed E-state index contributed by atoms with van der Waals surface area (Å²) in [5, 5.41) is 8.84. The predicted octanol–water partition coefficient (Wildman–Crippen LogP) is 1.50. The van der Waals surface area contributed by atoms with Crippen molar-refractivity contribution in [3.63, 3.8) is 0 Å². The minimum Gasteiger partial charge on any atom is -0.478 e. The van der Waals surface area contributed by atoms with Gasteiger partial charge < -0.3 is 14.6 Å². The van der Waals surface area contributed by atoms with Crippen molar-refractivity contribution in [1.82, 2.24) is 0 Å². The molecule has 0 aromatic heterocycles. The van der Waals surface area contributed by atoms with Crippen molar-refractivity contribution < 1.29 is 24.2 Å². The topological polar surface area (TPSA) is 76.1 Å². The summed E-state index contributed by atoms with van der Waals surface area (Å²) >= 11 is 0. The van der Waals surface area contributed by atoms with E-state index in [0.717, 1.165) is 0 Å². The number of ether oxygens (including phenoxy) is 2. The van der Waals surface area contributed by atoms with Gasteiger partial charge in [-0.05, 0) is 24.3 Å². The summed E-state index contributed by atoms with van der Waals surface area (Å²) in [4.78, 5) is 24.2. The Kier molecular flexibility index (Phi) is 2.67. The second-order valence-electron chi connectivity index (χ2n) is 4.79. The number of anilines is 1. The van der Waals surface area contributed by atoms with Crippen LogP contribution in [0.4, 0.5) is 10.5 Å². The number of carbonyl (C=O) groups excluding carboxylic acids is 1. The number of hydrogen-bond donors (Lipinski definition) is 1. The van der Waals surface area contributed by atoms with Crippen molar-refractivity contribution >= 4 is 17.7 Å². The molecule has 2 fully saturated rings. The van der Waals surface area contributed by atoms with Crippen molar-refractivity contribution in [3.8, 4) is 0 Å². The van der Waals surface area contributed by atoms with Crippen molar-refractivity contribution in [2.75, 3.05) is 24.7 Å². The first kappa shape index (κ1) is 12.0. The van der Waals surface area contributed by atoms with Gasteiger partial charge in [0.15, 0.2) is 5.60 Å². The minimum absolute atomic E-state index is 0.190. The lowest BCUT2D eigenvalue weighted by atomic mass is 10.0. The van der Waals surface area contributed by atoms with Crippen LogP contribution in [0.3, 0.4) is 0 Å². The van der Waals surface area contributed by atoms with E-state index in [1.165, 1.54) is 17.0 Å². The second-order valence-corrected chi connectivity index (χ2v) is 4.79. The molecule has 0 aliphatic carbocycles. The van der Waals surface area contributed by atoms with Crippen LogP contribution in [0, 0.1) is 0 Å². The molecule has 1 amide bonds. The summed E-state index contributed by atoms with van der Waals surface area (Å²) in [6.45, 7) is 1.46. The predicted molar refractivity (Wildman–Crippen MR) is 65.4 cm³/mol. The molecule has 3 rings (SSSR count). The van der Waals surface area contributed by atoms with E-state index in [1.54, 1.807) is 12.1 Å². The van der Waals surface area contributed by atoms with Crippen LogP contribution in [0.1, 0.15) is 16.8 Å². The molecule has 1 atom stereocenters. The summed E-state index contributed by atoms with van der Waals surface area (Å²) in [5.74, 6) is -0.990. The summed E-state index contributed by atoms with van der Waals surface area (Å²) in [6, 6.07) is 6.17. The Labute approximate surface area is 109 Å². The van der Waals surface area contributed by atoms with Crippen LogP contribution in [0.5, 0.6) is 0 Å². The lowest BCUT2D eigenvalue weighted by Gasteiger charge is -2.18. The number of carbonyl (C=O) groups is 2. The zero-order chi connectivity index (χ0) is 13.5. The lowest BCUT2D eigenvalue weighted by molar-refractivity contribution is 0.0435. The Hall–Kier alpha value is -2.08. The fourth-order valence-electron chi connectivity index (χ4n) is 2.40. The fourth-order valence-corrected chi connectivity index (χ4v) is 2.40. The molecular weight excluding hydrogens is 250 g/mol. The van der Waals surface area contributed by atoms with E-state index in [4.69, 9.17) is 14.6 Å². The first-order valence-corrected chi connectivity index (χ1v) is 6.01. The van der Waals surface area contributed by atoms with Crippen LogP contribution in [-0.4, -0.2) is 42.5 Å². The number of rotatable bonds is 2. The maximum absolute atomic E-state index is 11.9. The van der Waals surface area contributed by atoms with Crippen molar-refractivity contribution in [2.45, 2.75) is 12.0 Å². The third kappa shape index (κ3) is 2.04. The normalized spacial score (nSPS) is 25.9. The molecule has 1 N–H and O–H groups in total. The van der Waals surface area contributed by atoms with E-state index in [-0.39, 0.29) is 5.56 Å². The Morgan fingerprint density at radius 1 is 1.32 bits per heavy atom. The zero-order valence-corrected chi connectivity index (χ0v) is 10.2. The molecule has 1 aromatic carbocycles. The average molecular weight is 263 g/mol. The van der Waals surface area contributed by atoms with Crippen LogP contribution in [-0.2, 0) is 9.47 Å². The molecule has 0 saturated carbocycles. The largest absolute Gasteiger partial charge is 0.478 e. The molecule has 0 radical (unpaired) electrons. The van der Waals surface area contributed by atoms with Crippen LogP contribution in [0.2, 0.25) is 0 Å². The Balaban J connectivity index is 1.82. The molecule has 100 valence electrons. The highest BCUT2D eigenvalue weighted by molar-refractivity contribution is 5.92. The summed E-state index contributed by atoms with van der Waals surface area (Å²) in [7, 11) is 0. The lowest BCUT2D eigenvalue weighted by Crippen LogP contribution is -2.34. The van der Waals surface area contributed by atoms with E-state index < -0.39 is 17.7 Å². The third-order valence-corrected chi connectivity index (χ3v) is 3.46. The highest BCUT2D eigenvalue weighted by atomic mass is 16.6. The van der Waals surface area contributed by atoms with Gasteiger partial charge in [-0.1, -0.05) is 0 Å². The highest BCUT2D eigenvalue weighted by Crippen LogP contribution is 2.33. The maximum Gasteiger partial charge on any atom is 0.415 e. The van der Waals surface area contributed by atoms with E-state index in [0.29, 0.717) is 31.9 Å². The van der Waals surface area contributed by atoms with E-state index in [1.807, 2.05) is 0 Å². The van der Waals surface area contributed by atoms with Crippen molar-refractivity contribution in [1.29, 1.82) is 0 Å². The minimum atomic E-state index is -0.990. The molecule has 6 heteroatoms. The number of carboxylic acid groups (broad SMARTS) is 1. The molecule has 2 heterocycles. The Morgan fingerprint density at radius 3 is 2.63 bits per heavy atom. The number of carboxylic acids is 1. The zero-order valence-electron chi connectivity index (χ0n) is 10.2. The number of amides is 1. The van der Waals surface area contributed by atoms with E-state index >= 15 is 0 Å². The molecule has 19 heavy (non-hydrogen) atoms. The molecular formula is C13H13NO5. The van der Waals surface area contributed by atoms with Gasteiger partial charge in [-0.15, -0.1) is 0 Å². The molecule has 1 spiro atoms. The van der Waals surface area contributed by atoms with Crippen LogP contribution >= 0.6 is 0 Å². The number of benzene rings is 1. The van der Waals surface area contributed by atoms with E-state index in [9.17, 15) is 9.59 Å². The van der Waals surface area contributed by atoms with Gasteiger partial charge in [0.1, 0.15) is 0 Å². The molecule has 2 saturated heterocycles. The third-order valence-electron chi connectivity index (χ3n) is 3.46. The molecule has 2 aliphatic rings. The number of nitrogens with zero attached hydrogens (tertiary/aromatic N) is 1. The van der Waals surface area contributed by atoms with Gasteiger partial charge in [-0.25, -0.2) is 9.59 Å². The standard InChI is InChI=1S/C13H13NO5/c15-11(16)9-1-3-10(4-2-9)14-7-13(19-12(14)17)5-6-18-8-13/h1-4H,5-8H2,(H,15,16).